The summed E-state index contributed by atoms with van der Waals surface area (Å²) in [7, 11) is 0. The van der Waals surface area contributed by atoms with E-state index in [4.69, 9.17) is 11.6 Å². The van der Waals surface area contributed by atoms with Gasteiger partial charge in [0.15, 0.2) is 0 Å². The van der Waals surface area contributed by atoms with Crippen LogP contribution in [0.5, 0.6) is 0 Å². The summed E-state index contributed by atoms with van der Waals surface area (Å²) in [5.41, 5.74) is 7.41. The number of halogens is 1. The van der Waals surface area contributed by atoms with Gasteiger partial charge in [0.1, 0.15) is 0 Å². The molecule has 0 unspecified atom stereocenters. The lowest BCUT2D eigenvalue weighted by Crippen LogP contribution is -2.40. The fourth-order valence-electron chi connectivity index (χ4n) is 5.72. The highest BCUT2D eigenvalue weighted by Crippen LogP contribution is 2.33. The number of carbonyl (C=O) groups is 1. The molecule has 0 spiro atoms. The number of para-hydroxylation sites is 3. The normalized spacial score (nSPS) is 14.3. The van der Waals surface area contributed by atoms with Gasteiger partial charge in [-0.3, -0.25) is 9.36 Å². The van der Waals surface area contributed by atoms with E-state index in [2.05, 4.69) is 28.6 Å². The van der Waals surface area contributed by atoms with Crippen LogP contribution >= 0.6 is 11.6 Å². The Morgan fingerprint density at radius 3 is 2.34 bits per heavy atom. The van der Waals surface area contributed by atoms with Crippen LogP contribution in [0.4, 0.5) is 0 Å². The number of hydrogen-bond acceptors (Lipinski definition) is 2. The number of nitrogens with zero attached hydrogens (tertiary/aromatic N) is 3. The van der Waals surface area contributed by atoms with Gasteiger partial charge in [0.05, 0.1) is 22.3 Å². The van der Waals surface area contributed by atoms with Crippen LogP contribution in [0.1, 0.15) is 40.5 Å². The van der Waals surface area contributed by atoms with Crippen molar-refractivity contribution in [1.29, 1.82) is 0 Å². The summed E-state index contributed by atoms with van der Waals surface area (Å²) in [6.45, 7) is 5.29. The fourth-order valence-corrected chi connectivity index (χ4v) is 5.84. The molecule has 38 heavy (non-hydrogen) atoms. The van der Waals surface area contributed by atoms with E-state index in [1.165, 1.54) is 0 Å². The van der Waals surface area contributed by atoms with Crippen LogP contribution in [0.15, 0.2) is 83.7 Å². The number of aromatic amines is 1. The van der Waals surface area contributed by atoms with Gasteiger partial charge < -0.3 is 14.5 Å². The van der Waals surface area contributed by atoms with Gasteiger partial charge >= 0.3 is 5.69 Å². The maximum Gasteiger partial charge on any atom is 0.326 e. The van der Waals surface area contributed by atoms with Crippen molar-refractivity contribution in [1.82, 2.24) is 19.0 Å². The van der Waals surface area contributed by atoms with Crippen molar-refractivity contribution in [2.24, 2.45) is 0 Å². The van der Waals surface area contributed by atoms with E-state index in [1.807, 2.05) is 83.1 Å². The predicted octanol–water partition coefficient (Wildman–Crippen LogP) is 6.53. The van der Waals surface area contributed by atoms with Crippen LogP contribution in [-0.2, 0) is 0 Å². The fraction of sp³-hybridized carbons (Fsp3) is 0.226. The third-order valence-corrected chi connectivity index (χ3v) is 7.97. The largest absolute Gasteiger partial charge is 0.338 e. The second kappa shape index (κ2) is 9.69. The molecule has 192 valence electrons. The number of rotatable bonds is 4. The van der Waals surface area contributed by atoms with E-state index in [9.17, 15) is 9.59 Å². The molecule has 3 aromatic carbocycles. The summed E-state index contributed by atoms with van der Waals surface area (Å²) in [5, 5.41) is 0.674. The second-order valence-corrected chi connectivity index (χ2v) is 10.4. The van der Waals surface area contributed by atoms with Crippen LogP contribution in [0, 0.1) is 13.8 Å². The smallest absolute Gasteiger partial charge is 0.326 e. The Kier molecular flexibility index (Phi) is 6.20. The average Bonchev–Trinajstić information content (AvgIpc) is 3.45. The molecule has 3 heterocycles. The Bertz CT molecular complexity index is 1700. The van der Waals surface area contributed by atoms with Crippen molar-refractivity contribution in [2.45, 2.75) is 32.7 Å². The number of imidazole rings is 1. The Morgan fingerprint density at radius 1 is 0.921 bits per heavy atom. The first-order valence-corrected chi connectivity index (χ1v) is 13.3. The lowest BCUT2D eigenvalue weighted by molar-refractivity contribution is 0.0694. The number of hydrogen-bond donors (Lipinski definition) is 1. The van der Waals surface area contributed by atoms with Crippen molar-refractivity contribution in [3.8, 4) is 16.9 Å². The molecule has 1 saturated heterocycles. The molecule has 0 radical (unpaired) electrons. The molecule has 1 aliphatic rings. The molecule has 5 aromatic rings. The quantitative estimate of drug-likeness (QED) is 0.290. The lowest BCUT2D eigenvalue weighted by atomic mass is 10.0. The molecule has 6 nitrogen and oxygen atoms in total. The first-order valence-electron chi connectivity index (χ1n) is 12.9. The van der Waals surface area contributed by atoms with Crippen molar-refractivity contribution in [3.05, 3.63) is 111 Å². The van der Waals surface area contributed by atoms with Gasteiger partial charge in [-0.25, -0.2) is 4.79 Å². The highest BCUT2D eigenvalue weighted by Gasteiger charge is 2.29. The summed E-state index contributed by atoms with van der Waals surface area (Å²) >= 11 is 6.17. The average molecular weight is 525 g/mol. The minimum atomic E-state index is -0.0882. The number of benzene rings is 3. The van der Waals surface area contributed by atoms with Crippen molar-refractivity contribution < 1.29 is 4.79 Å². The Morgan fingerprint density at radius 2 is 1.61 bits per heavy atom. The number of nitrogens with one attached hydrogen (secondary N) is 1. The maximum absolute atomic E-state index is 13.9. The third kappa shape index (κ3) is 4.15. The van der Waals surface area contributed by atoms with E-state index in [1.54, 1.807) is 0 Å². The molecule has 7 heteroatoms. The number of fused-ring (bicyclic) bond motifs is 1. The first-order chi connectivity index (χ1) is 18.4. The maximum atomic E-state index is 13.9. The summed E-state index contributed by atoms with van der Waals surface area (Å²) < 4.78 is 4.03. The zero-order valence-corrected chi connectivity index (χ0v) is 22.2. The van der Waals surface area contributed by atoms with Crippen LogP contribution in [0.3, 0.4) is 0 Å². The number of carbonyl (C=O) groups excluding carboxylic acids is 1. The standard InChI is InChI=1S/C31H29ClN4O2/c1-20-7-3-5-9-27(20)35-21(2)25(19-29(35)22-11-13-23(32)14-12-22)30(37)34-17-15-24(16-18-34)36-28-10-6-4-8-26(28)33-31(36)38/h3-14,19,24H,15-18H2,1-2H3,(H,33,38). The van der Waals surface area contributed by atoms with Gasteiger partial charge in [-0.2, -0.15) is 0 Å². The SMILES string of the molecule is Cc1ccccc1-n1c(-c2ccc(Cl)cc2)cc(C(=O)N2CCC(n3c(=O)[nH]c4ccccc43)CC2)c1C. The van der Waals surface area contributed by atoms with Crippen LogP contribution in [0.25, 0.3) is 28.0 Å². The van der Waals surface area contributed by atoms with Gasteiger partial charge in [0.2, 0.25) is 0 Å². The minimum absolute atomic E-state index is 0.0229. The van der Waals surface area contributed by atoms with E-state index < -0.39 is 0 Å². The molecule has 1 N–H and O–H groups in total. The van der Waals surface area contributed by atoms with E-state index in [0.717, 1.165) is 52.1 Å². The molecule has 0 aliphatic carbocycles. The monoisotopic (exact) mass is 524 g/mol. The summed E-state index contributed by atoms with van der Waals surface area (Å²) in [4.78, 5) is 31.4. The lowest BCUT2D eigenvalue weighted by Gasteiger charge is -2.32. The van der Waals surface area contributed by atoms with Gasteiger partial charge in [0.25, 0.3) is 5.91 Å². The Balaban J connectivity index is 1.32. The highest BCUT2D eigenvalue weighted by atomic mass is 35.5. The minimum Gasteiger partial charge on any atom is -0.338 e. The molecule has 1 amide bonds. The number of likely N-dealkylation sites (tertiary alicyclic amines) is 1. The van der Waals surface area contributed by atoms with Crippen LogP contribution in [-0.4, -0.2) is 38.0 Å². The van der Waals surface area contributed by atoms with Crippen LogP contribution in [0.2, 0.25) is 5.02 Å². The predicted molar refractivity (Wildman–Crippen MR) is 152 cm³/mol. The third-order valence-electron chi connectivity index (χ3n) is 7.71. The van der Waals surface area contributed by atoms with Gasteiger partial charge in [-0.15, -0.1) is 0 Å². The molecular weight excluding hydrogens is 496 g/mol. The van der Waals surface area contributed by atoms with Crippen LogP contribution < -0.4 is 5.69 Å². The molecule has 6 rings (SSSR count). The number of piperidine rings is 1. The van der Waals surface area contributed by atoms with Gasteiger partial charge in [-0.1, -0.05) is 54.1 Å². The number of H-pyrrole nitrogens is 1. The number of amides is 1. The van der Waals surface area contributed by atoms with Crippen molar-refractivity contribution >= 4 is 28.5 Å². The van der Waals surface area contributed by atoms with Crippen molar-refractivity contribution in [2.75, 3.05) is 13.1 Å². The molecule has 1 fully saturated rings. The summed E-state index contributed by atoms with van der Waals surface area (Å²) in [6.07, 6.45) is 1.46. The van der Waals surface area contributed by atoms with Gasteiger partial charge in [0, 0.05) is 35.5 Å². The van der Waals surface area contributed by atoms with E-state index >= 15 is 0 Å². The molecule has 1 aliphatic heterocycles. The van der Waals surface area contributed by atoms with E-state index in [-0.39, 0.29) is 17.6 Å². The Hall–Kier alpha value is -4.03. The highest BCUT2D eigenvalue weighted by molar-refractivity contribution is 6.30. The molecule has 2 aromatic heterocycles. The topological polar surface area (TPSA) is 63.0 Å². The molecular formula is C31H29ClN4O2. The molecule has 0 atom stereocenters. The molecule has 0 saturated carbocycles. The Labute approximate surface area is 226 Å². The zero-order valence-electron chi connectivity index (χ0n) is 21.4. The van der Waals surface area contributed by atoms with Gasteiger partial charge in [-0.05, 0) is 74.2 Å². The number of aromatic nitrogens is 3. The van der Waals surface area contributed by atoms with Crippen molar-refractivity contribution in [3.63, 3.8) is 0 Å². The zero-order chi connectivity index (χ0) is 26.4. The summed E-state index contributed by atoms with van der Waals surface area (Å²) in [5.74, 6) is 0.0229. The first kappa shape index (κ1) is 24.3. The molecule has 0 bridgehead atoms. The van der Waals surface area contributed by atoms with E-state index in [0.29, 0.717) is 23.7 Å². The second-order valence-electron chi connectivity index (χ2n) is 10.00. The number of aryl methyl sites for hydroxylation is 1. The summed E-state index contributed by atoms with van der Waals surface area (Å²) in [6, 6.07) is 25.8.